The Hall–Kier alpha value is -1.58. The summed E-state index contributed by atoms with van der Waals surface area (Å²) in [6, 6.07) is 0. The molecule has 4 nitrogen and oxygen atoms in total. The summed E-state index contributed by atoms with van der Waals surface area (Å²) < 4.78 is 0. The molecule has 0 spiro atoms. The second-order valence-electron chi connectivity index (χ2n) is 6.04. The molecule has 0 aliphatic heterocycles. The number of carbonyl (C=O) groups excluding carboxylic acids is 2. The Bertz CT molecular complexity index is 367. The summed E-state index contributed by atoms with van der Waals surface area (Å²) in [6.45, 7) is 15.0. The van der Waals surface area contributed by atoms with Gasteiger partial charge in [-0.1, -0.05) is 11.6 Å². The van der Waals surface area contributed by atoms with E-state index < -0.39 is 17.7 Å². The van der Waals surface area contributed by atoms with Crippen molar-refractivity contribution in [1.29, 1.82) is 0 Å². The molecular formula is C15H26N2O2. The van der Waals surface area contributed by atoms with Crippen LogP contribution in [-0.2, 0) is 9.59 Å². The summed E-state index contributed by atoms with van der Waals surface area (Å²) in [4.78, 5) is 23.9. The van der Waals surface area contributed by atoms with Crippen LogP contribution in [0.2, 0.25) is 0 Å². The van der Waals surface area contributed by atoms with E-state index in [-0.39, 0.29) is 11.4 Å². The molecule has 0 aromatic heterocycles. The average molecular weight is 266 g/mol. The number of rotatable bonds is 7. The molecule has 0 aromatic carbocycles. The van der Waals surface area contributed by atoms with E-state index in [2.05, 4.69) is 18.5 Å². The third-order valence-electron chi connectivity index (χ3n) is 2.68. The molecule has 19 heavy (non-hydrogen) atoms. The highest BCUT2D eigenvalue weighted by Crippen LogP contribution is 2.24. The lowest BCUT2D eigenvalue weighted by molar-refractivity contribution is -0.134. The maximum Gasteiger partial charge on any atom is 0.224 e. The van der Waals surface area contributed by atoms with Gasteiger partial charge >= 0.3 is 0 Å². The number of amides is 2. The minimum atomic E-state index is -0.545. The zero-order valence-electron chi connectivity index (χ0n) is 12.5. The smallest absolute Gasteiger partial charge is 0.224 e. The minimum absolute atomic E-state index is 0.166. The molecule has 0 radical (unpaired) electrons. The van der Waals surface area contributed by atoms with Crippen LogP contribution in [-0.4, -0.2) is 17.4 Å². The number of primary amides is 1. The van der Waals surface area contributed by atoms with E-state index >= 15 is 0 Å². The molecule has 0 rings (SSSR count). The fourth-order valence-corrected chi connectivity index (χ4v) is 1.91. The lowest BCUT2D eigenvalue weighted by atomic mass is 9.83. The number of nitrogens with one attached hydrogen (secondary N) is 1. The van der Waals surface area contributed by atoms with Crippen molar-refractivity contribution < 1.29 is 9.59 Å². The molecule has 0 heterocycles. The van der Waals surface area contributed by atoms with Crippen molar-refractivity contribution >= 4 is 11.8 Å². The number of carbonyl (C=O) groups is 2. The average Bonchev–Trinajstić information content (AvgIpc) is 2.19. The van der Waals surface area contributed by atoms with Crippen LogP contribution in [0.4, 0.5) is 0 Å². The summed E-state index contributed by atoms with van der Waals surface area (Å²) in [5.74, 6) is -1.68. The van der Waals surface area contributed by atoms with E-state index in [4.69, 9.17) is 5.73 Å². The van der Waals surface area contributed by atoms with Crippen molar-refractivity contribution in [2.75, 3.05) is 0 Å². The molecule has 0 aliphatic carbocycles. The predicted octanol–water partition coefficient (Wildman–Crippen LogP) is 2.16. The van der Waals surface area contributed by atoms with Gasteiger partial charge < -0.3 is 11.1 Å². The molecular weight excluding hydrogens is 240 g/mol. The Morgan fingerprint density at radius 1 is 1.32 bits per heavy atom. The first-order valence-electron chi connectivity index (χ1n) is 6.45. The predicted molar refractivity (Wildman–Crippen MR) is 78.3 cm³/mol. The summed E-state index contributed by atoms with van der Waals surface area (Å²) in [6.07, 6.45) is 2.46. The molecule has 4 heteroatoms. The number of nitrogens with two attached hydrogens (primary N) is 1. The molecule has 108 valence electrons. The first-order chi connectivity index (χ1) is 8.58. The summed E-state index contributed by atoms with van der Waals surface area (Å²) in [5, 5.41) is 2.90. The number of hydrogen-bond donors (Lipinski definition) is 2. The van der Waals surface area contributed by atoms with E-state index in [0.29, 0.717) is 12.8 Å². The molecule has 0 bridgehead atoms. The van der Waals surface area contributed by atoms with Crippen LogP contribution in [0.3, 0.4) is 0 Å². The first-order valence-corrected chi connectivity index (χ1v) is 6.45. The Morgan fingerprint density at radius 3 is 2.16 bits per heavy atom. The van der Waals surface area contributed by atoms with E-state index in [0.717, 1.165) is 5.57 Å². The SMILES string of the molecule is C=CC[C@H](C(N)=O)C(CC(=C)C)C(=O)NC(C)(C)C. The van der Waals surface area contributed by atoms with Crippen LogP contribution in [0.15, 0.2) is 24.8 Å². The third kappa shape index (κ3) is 6.79. The van der Waals surface area contributed by atoms with Crippen LogP contribution >= 0.6 is 0 Å². The zero-order valence-corrected chi connectivity index (χ0v) is 12.5. The summed E-state index contributed by atoms with van der Waals surface area (Å²) in [5.41, 5.74) is 5.91. The quantitative estimate of drug-likeness (QED) is 0.693. The molecule has 0 saturated carbocycles. The van der Waals surface area contributed by atoms with Gasteiger partial charge in [-0.2, -0.15) is 0 Å². The molecule has 0 aliphatic rings. The van der Waals surface area contributed by atoms with Crippen LogP contribution in [0, 0.1) is 11.8 Å². The van der Waals surface area contributed by atoms with Gasteiger partial charge in [0.2, 0.25) is 11.8 Å². The Balaban J connectivity index is 5.16. The normalized spacial score (nSPS) is 14.3. The summed E-state index contributed by atoms with van der Waals surface area (Å²) >= 11 is 0. The lowest BCUT2D eigenvalue weighted by Crippen LogP contribution is -2.47. The molecule has 2 atom stereocenters. The number of allylic oxidation sites excluding steroid dienone is 2. The fourth-order valence-electron chi connectivity index (χ4n) is 1.91. The molecule has 2 amide bonds. The van der Waals surface area contributed by atoms with Gasteiger partial charge in [0.25, 0.3) is 0 Å². The van der Waals surface area contributed by atoms with Gasteiger partial charge in [-0.3, -0.25) is 9.59 Å². The summed E-state index contributed by atoms with van der Waals surface area (Å²) in [7, 11) is 0. The molecule has 0 aromatic rings. The van der Waals surface area contributed by atoms with E-state index in [1.165, 1.54) is 0 Å². The number of hydrogen-bond acceptors (Lipinski definition) is 2. The van der Waals surface area contributed by atoms with Gasteiger partial charge in [-0.05, 0) is 40.5 Å². The second kappa shape index (κ2) is 7.12. The van der Waals surface area contributed by atoms with Crippen molar-refractivity contribution in [3.63, 3.8) is 0 Å². The van der Waals surface area contributed by atoms with Gasteiger partial charge in [0.1, 0.15) is 0 Å². The highest BCUT2D eigenvalue weighted by molar-refractivity contribution is 5.87. The second-order valence-corrected chi connectivity index (χ2v) is 6.04. The monoisotopic (exact) mass is 266 g/mol. The molecule has 1 unspecified atom stereocenters. The van der Waals surface area contributed by atoms with Crippen molar-refractivity contribution in [3.05, 3.63) is 24.8 Å². The third-order valence-corrected chi connectivity index (χ3v) is 2.68. The first kappa shape index (κ1) is 17.4. The van der Waals surface area contributed by atoms with Gasteiger partial charge in [-0.25, -0.2) is 0 Å². The Morgan fingerprint density at radius 2 is 1.84 bits per heavy atom. The van der Waals surface area contributed by atoms with E-state index in [1.807, 2.05) is 27.7 Å². The van der Waals surface area contributed by atoms with Gasteiger partial charge in [-0.15, -0.1) is 13.2 Å². The van der Waals surface area contributed by atoms with Crippen molar-refractivity contribution in [2.24, 2.45) is 17.6 Å². The topological polar surface area (TPSA) is 72.2 Å². The fraction of sp³-hybridized carbons (Fsp3) is 0.600. The Labute approximate surface area is 116 Å². The molecule has 3 N–H and O–H groups in total. The van der Waals surface area contributed by atoms with Gasteiger partial charge in [0.05, 0.1) is 11.8 Å². The Kier molecular flexibility index (Phi) is 6.53. The maximum atomic E-state index is 12.3. The van der Waals surface area contributed by atoms with Crippen LogP contribution in [0.1, 0.15) is 40.5 Å². The van der Waals surface area contributed by atoms with Gasteiger partial charge in [0.15, 0.2) is 0 Å². The standard InChI is InChI=1S/C15H26N2O2/c1-7-8-11(13(16)18)12(9-10(2)3)14(19)17-15(4,5)6/h7,11-12H,1-2,8-9H2,3-6H3,(H2,16,18)(H,17,19)/t11-,12?/m0/s1. The van der Waals surface area contributed by atoms with E-state index in [1.54, 1.807) is 6.08 Å². The highest BCUT2D eigenvalue weighted by Gasteiger charge is 2.32. The van der Waals surface area contributed by atoms with Crippen molar-refractivity contribution in [1.82, 2.24) is 5.32 Å². The molecule has 0 fully saturated rings. The van der Waals surface area contributed by atoms with E-state index in [9.17, 15) is 9.59 Å². The lowest BCUT2D eigenvalue weighted by Gasteiger charge is -2.28. The largest absolute Gasteiger partial charge is 0.369 e. The maximum absolute atomic E-state index is 12.3. The highest BCUT2D eigenvalue weighted by atomic mass is 16.2. The van der Waals surface area contributed by atoms with Crippen LogP contribution in [0.25, 0.3) is 0 Å². The van der Waals surface area contributed by atoms with Crippen LogP contribution < -0.4 is 11.1 Å². The zero-order chi connectivity index (χ0) is 15.2. The van der Waals surface area contributed by atoms with Crippen molar-refractivity contribution in [3.8, 4) is 0 Å². The van der Waals surface area contributed by atoms with Crippen molar-refractivity contribution in [2.45, 2.75) is 46.1 Å². The molecule has 0 saturated heterocycles. The minimum Gasteiger partial charge on any atom is -0.369 e. The van der Waals surface area contributed by atoms with Gasteiger partial charge in [0, 0.05) is 5.54 Å². The van der Waals surface area contributed by atoms with Crippen LogP contribution in [0.5, 0.6) is 0 Å².